The third-order valence-corrected chi connectivity index (χ3v) is 8.70. The Morgan fingerprint density at radius 2 is 1.73 bits per heavy atom. The van der Waals surface area contributed by atoms with Gasteiger partial charge in [-0.3, -0.25) is 0 Å². The second-order valence-electron chi connectivity index (χ2n) is 7.18. The molecular formula is C17H29FO3Si. The lowest BCUT2D eigenvalue weighted by Crippen LogP contribution is -2.43. The molecule has 126 valence electrons. The van der Waals surface area contributed by atoms with E-state index in [1.54, 1.807) is 12.1 Å². The van der Waals surface area contributed by atoms with Crippen molar-refractivity contribution in [3.05, 3.63) is 35.6 Å². The predicted molar refractivity (Wildman–Crippen MR) is 90.1 cm³/mol. The number of hydrogen-bond donors (Lipinski definition) is 1. The summed E-state index contributed by atoms with van der Waals surface area (Å²) in [5.41, 5.74) is 1.02. The van der Waals surface area contributed by atoms with E-state index in [2.05, 4.69) is 33.9 Å². The van der Waals surface area contributed by atoms with Gasteiger partial charge < -0.3 is 14.3 Å². The maximum absolute atomic E-state index is 12.8. The van der Waals surface area contributed by atoms with Gasteiger partial charge in [0.1, 0.15) is 5.82 Å². The minimum absolute atomic E-state index is 0.135. The Kier molecular flexibility index (Phi) is 7.19. The van der Waals surface area contributed by atoms with E-state index in [4.69, 9.17) is 9.16 Å². The van der Waals surface area contributed by atoms with Gasteiger partial charge in [-0.05, 0) is 42.2 Å². The molecular weight excluding hydrogens is 299 g/mol. The van der Waals surface area contributed by atoms with Gasteiger partial charge in [-0.2, -0.15) is 0 Å². The van der Waals surface area contributed by atoms with Crippen molar-refractivity contribution in [3.8, 4) is 0 Å². The molecule has 0 spiro atoms. The zero-order valence-electron chi connectivity index (χ0n) is 14.4. The number of ether oxygens (including phenoxy) is 1. The van der Waals surface area contributed by atoms with Crippen molar-refractivity contribution in [1.82, 2.24) is 0 Å². The fourth-order valence-corrected chi connectivity index (χ4v) is 2.67. The topological polar surface area (TPSA) is 38.7 Å². The number of benzene rings is 1. The quantitative estimate of drug-likeness (QED) is 0.583. The third-order valence-electron chi connectivity index (χ3n) is 4.20. The lowest BCUT2D eigenvalue weighted by atomic mass is 10.2. The minimum Gasteiger partial charge on any atom is -0.414 e. The van der Waals surface area contributed by atoms with E-state index in [0.717, 1.165) is 5.56 Å². The average molecular weight is 328 g/mol. The van der Waals surface area contributed by atoms with Crippen molar-refractivity contribution in [1.29, 1.82) is 0 Å². The maximum Gasteiger partial charge on any atom is 0.192 e. The molecule has 0 saturated carbocycles. The highest BCUT2D eigenvalue weighted by atomic mass is 28.4. The summed E-state index contributed by atoms with van der Waals surface area (Å²) in [6.45, 7) is 11.9. The molecule has 1 aromatic carbocycles. The van der Waals surface area contributed by atoms with E-state index in [0.29, 0.717) is 19.6 Å². The van der Waals surface area contributed by atoms with Crippen molar-refractivity contribution in [3.63, 3.8) is 0 Å². The zero-order valence-corrected chi connectivity index (χ0v) is 15.4. The summed E-state index contributed by atoms with van der Waals surface area (Å²) in [5, 5.41) is 10.1. The van der Waals surface area contributed by atoms with Crippen LogP contribution in [0.5, 0.6) is 0 Å². The van der Waals surface area contributed by atoms with Gasteiger partial charge in [0.05, 0.1) is 25.9 Å². The van der Waals surface area contributed by atoms with Gasteiger partial charge in [-0.15, -0.1) is 0 Å². The van der Waals surface area contributed by atoms with Crippen LogP contribution in [0.15, 0.2) is 24.3 Å². The number of aliphatic hydroxyl groups is 1. The molecule has 22 heavy (non-hydrogen) atoms. The van der Waals surface area contributed by atoms with E-state index in [-0.39, 0.29) is 17.5 Å². The zero-order chi connectivity index (χ0) is 16.8. The fourth-order valence-electron chi connectivity index (χ4n) is 1.63. The van der Waals surface area contributed by atoms with Crippen LogP contribution in [0.2, 0.25) is 18.1 Å². The summed E-state index contributed by atoms with van der Waals surface area (Å²) in [4.78, 5) is 0. The van der Waals surface area contributed by atoms with Gasteiger partial charge in [-0.1, -0.05) is 32.9 Å². The summed E-state index contributed by atoms with van der Waals surface area (Å²) < 4.78 is 24.2. The number of aliphatic hydroxyl groups excluding tert-OH is 1. The summed E-state index contributed by atoms with van der Waals surface area (Å²) in [5.74, 6) is -0.233. The molecule has 0 aromatic heterocycles. The van der Waals surface area contributed by atoms with E-state index < -0.39 is 14.4 Å². The van der Waals surface area contributed by atoms with Crippen molar-refractivity contribution in [2.75, 3.05) is 19.8 Å². The van der Waals surface area contributed by atoms with Crippen LogP contribution in [-0.4, -0.2) is 39.3 Å². The summed E-state index contributed by atoms with van der Waals surface area (Å²) in [7, 11) is -1.82. The standard InChI is InChI=1S/C17H29FO3Si/c1-17(2,3)22(4,5)21-13-16(19)12-20-11-10-14-6-8-15(18)9-7-14/h6-9,16,19H,10-13H2,1-5H3/t16-/m0/s1. The van der Waals surface area contributed by atoms with Crippen molar-refractivity contribution in [2.45, 2.75) is 51.4 Å². The molecule has 0 saturated heterocycles. The Bertz CT molecular complexity index is 440. The monoisotopic (exact) mass is 328 g/mol. The smallest absolute Gasteiger partial charge is 0.192 e. The number of hydrogen-bond acceptors (Lipinski definition) is 3. The van der Waals surface area contributed by atoms with Crippen molar-refractivity contribution >= 4 is 8.32 Å². The summed E-state index contributed by atoms with van der Waals surface area (Å²) in [6.07, 6.45) is 0.0955. The van der Waals surface area contributed by atoms with Crippen LogP contribution in [0.25, 0.3) is 0 Å². The van der Waals surface area contributed by atoms with E-state index in [9.17, 15) is 9.50 Å². The Morgan fingerprint density at radius 3 is 2.27 bits per heavy atom. The molecule has 0 aliphatic heterocycles. The normalized spacial score (nSPS) is 14.1. The second kappa shape index (κ2) is 8.20. The van der Waals surface area contributed by atoms with Gasteiger partial charge in [0, 0.05) is 0 Å². The first-order chi connectivity index (χ1) is 10.1. The third kappa shape index (κ3) is 6.56. The van der Waals surface area contributed by atoms with Gasteiger partial charge in [0.25, 0.3) is 0 Å². The van der Waals surface area contributed by atoms with Crippen molar-refractivity contribution < 1.29 is 18.7 Å². The molecule has 1 atom stereocenters. The number of rotatable bonds is 8. The molecule has 0 heterocycles. The first kappa shape index (κ1) is 19.3. The van der Waals surface area contributed by atoms with Crippen molar-refractivity contribution in [2.24, 2.45) is 0 Å². The molecule has 1 N–H and O–H groups in total. The van der Waals surface area contributed by atoms with Crippen LogP contribution in [0.3, 0.4) is 0 Å². The van der Waals surface area contributed by atoms with Crippen LogP contribution < -0.4 is 0 Å². The molecule has 5 heteroatoms. The molecule has 1 rings (SSSR count). The van der Waals surface area contributed by atoms with Crippen LogP contribution in [0.4, 0.5) is 4.39 Å². The van der Waals surface area contributed by atoms with Crippen LogP contribution in [0.1, 0.15) is 26.3 Å². The Morgan fingerprint density at radius 1 is 1.14 bits per heavy atom. The van der Waals surface area contributed by atoms with Crippen LogP contribution in [0, 0.1) is 5.82 Å². The van der Waals surface area contributed by atoms with Gasteiger partial charge in [-0.25, -0.2) is 4.39 Å². The van der Waals surface area contributed by atoms with Crippen LogP contribution in [-0.2, 0) is 15.6 Å². The van der Waals surface area contributed by atoms with Gasteiger partial charge >= 0.3 is 0 Å². The molecule has 0 radical (unpaired) electrons. The SMILES string of the molecule is CC(C)(C)[Si](C)(C)OC[C@@H](O)COCCc1ccc(F)cc1. The van der Waals surface area contributed by atoms with Crippen LogP contribution >= 0.6 is 0 Å². The Hall–Kier alpha value is -0.753. The number of halogens is 1. The van der Waals surface area contributed by atoms with Gasteiger partial charge in [0.15, 0.2) is 8.32 Å². The maximum atomic E-state index is 12.8. The first-order valence-electron chi connectivity index (χ1n) is 7.76. The lowest BCUT2D eigenvalue weighted by Gasteiger charge is -2.36. The van der Waals surface area contributed by atoms with E-state index in [1.807, 2.05) is 0 Å². The highest BCUT2D eigenvalue weighted by Gasteiger charge is 2.37. The predicted octanol–water partition coefficient (Wildman–Crippen LogP) is 3.77. The molecule has 0 unspecified atom stereocenters. The molecule has 3 nitrogen and oxygen atoms in total. The lowest BCUT2D eigenvalue weighted by molar-refractivity contribution is 0.0101. The molecule has 0 fully saturated rings. The van der Waals surface area contributed by atoms with E-state index >= 15 is 0 Å². The largest absolute Gasteiger partial charge is 0.414 e. The molecule has 0 aliphatic rings. The van der Waals surface area contributed by atoms with E-state index in [1.165, 1.54) is 12.1 Å². The summed E-state index contributed by atoms with van der Waals surface area (Å²) >= 11 is 0. The molecule has 0 bridgehead atoms. The second-order valence-corrected chi connectivity index (χ2v) is 12.0. The fraction of sp³-hybridized carbons (Fsp3) is 0.647. The molecule has 0 amide bonds. The minimum atomic E-state index is -1.82. The Labute approximate surface area is 134 Å². The van der Waals surface area contributed by atoms with Gasteiger partial charge in [0.2, 0.25) is 0 Å². The molecule has 1 aromatic rings. The highest BCUT2D eigenvalue weighted by Crippen LogP contribution is 2.36. The highest BCUT2D eigenvalue weighted by molar-refractivity contribution is 6.74. The Balaban J connectivity index is 2.21. The average Bonchev–Trinajstić information content (AvgIpc) is 2.42. The summed E-state index contributed by atoms with van der Waals surface area (Å²) in [6, 6.07) is 6.37. The first-order valence-corrected chi connectivity index (χ1v) is 10.7. The molecule has 0 aliphatic carbocycles.